The minimum absolute atomic E-state index is 0.202. The fourth-order valence-corrected chi connectivity index (χ4v) is 9.37. The molecule has 0 saturated heterocycles. The molecule has 0 amide bonds. The zero-order valence-electron chi connectivity index (χ0n) is 21.1. The fourth-order valence-electron chi connectivity index (χ4n) is 9.37. The Labute approximate surface area is 200 Å². The Balaban J connectivity index is 1.37. The number of carboxylic acid groups (broad SMARTS) is 2. The first-order valence-electron chi connectivity index (χ1n) is 13.7. The van der Waals surface area contributed by atoms with Crippen molar-refractivity contribution in [1.29, 1.82) is 0 Å². The van der Waals surface area contributed by atoms with Crippen LogP contribution in [0.15, 0.2) is 0 Å². The normalized spacial score (nSPS) is 43.2. The summed E-state index contributed by atoms with van der Waals surface area (Å²) >= 11 is 0. The van der Waals surface area contributed by atoms with Gasteiger partial charge in [-0.3, -0.25) is 9.59 Å². The van der Waals surface area contributed by atoms with Crippen LogP contribution in [0.2, 0.25) is 0 Å². The maximum atomic E-state index is 11.1. The van der Waals surface area contributed by atoms with Crippen molar-refractivity contribution in [2.45, 2.75) is 110 Å². The van der Waals surface area contributed by atoms with Crippen molar-refractivity contribution < 1.29 is 24.5 Å². The van der Waals surface area contributed by atoms with Gasteiger partial charge in [-0.2, -0.15) is 0 Å². The molecule has 4 rings (SSSR count). The highest BCUT2D eigenvalue weighted by Gasteiger charge is 2.60. The Kier molecular flexibility index (Phi) is 7.48. The predicted octanol–water partition coefficient (Wildman–Crippen LogP) is 6.40. The van der Waals surface area contributed by atoms with Gasteiger partial charge < -0.3 is 14.9 Å². The van der Waals surface area contributed by atoms with Crippen molar-refractivity contribution in [3.05, 3.63) is 0 Å². The molecule has 0 bridgehead atoms. The summed E-state index contributed by atoms with van der Waals surface area (Å²) in [5.41, 5.74) is 0.824. The molecular weight excluding hydrogens is 416 g/mol. The number of hydrogen-bond donors (Lipinski definition) is 2. The number of carboxylic acids is 2. The van der Waals surface area contributed by atoms with Gasteiger partial charge in [0.05, 0.1) is 6.10 Å². The summed E-state index contributed by atoms with van der Waals surface area (Å²) in [6.07, 6.45) is 13.8. The largest absolute Gasteiger partial charge is 0.481 e. The third kappa shape index (κ3) is 4.86. The van der Waals surface area contributed by atoms with Gasteiger partial charge >= 0.3 is 11.9 Å². The number of aliphatic carboxylic acids is 2. The second-order valence-corrected chi connectivity index (χ2v) is 12.6. The monoisotopic (exact) mass is 462 g/mol. The van der Waals surface area contributed by atoms with E-state index in [0.29, 0.717) is 48.2 Å². The standard InChI is InChI=1S/C28H46O5/c1-18(6-11-26(31)32)22-9-10-23-21-8-7-19-17-20(33-16-4-5-25(29)30)12-14-27(19,2)24(21)13-15-28(22,23)3/h18-24H,4-17H2,1-3H3,(H,29,30)(H,31,32)/t18-,19-,20+,21+,22-,23+,24+,27+,28-/m1/s1. The Bertz CT molecular complexity index is 721. The molecule has 0 aliphatic heterocycles. The minimum Gasteiger partial charge on any atom is -0.481 e. The molecule has 0 radical (unpaired) electrons. The van der Waals surface area contributed by atoms with E-state index in [4.69, 9.17) is 14.9 Å². The van der Waals surface area contributed by atoms with Crippen molar-refractivity contribution >= 4 is 11.9 Å². The van der Waals surface area contributed by atoms with Gasteiger partial charge in [0.2, 0.25) is 0 Å². The molecule has 0 heterocycles. The molecular formula is C28H46O5. The lowest BCUT2D eigenvalue weighted by Gasteiger charge is -2.61. The van der Waals surface area contributed by atoms with E-state index in [9.17, 15) is 9.59 Å². The maximum absolute atomic E-state index is 11.1. The van der Waals surface area contributed by atoms with Crippen LogP contribution in [0.1, 0.15) is 104 Å². The van der Waals surface area contributed by atoms with Gasteiger partial charge in [-0.15, -0.1) is 0 Å². The van der Waals surface area contributed by atoms with E-state index >= 15 is 0 Å². The fraction of sp³-hybridized carbons (Fsp3) is 0.929. The van der Waals surface area contributed by atoms with E-state index in [1.807, 2.05) is 0 Å². The van der Waals surface area contributed by atoms with Gasteiger partial charge in [0.15, 0.2) is 0 Å². The highest BCUT2D eigenvalue weighted by molar-refractivity contribution is 5.66. The Morgan fingerprint density at radius 3 is 2.33 bits per heavy atom. The number of fused-ring (bicyclic) bond motifs is 5. The van der Waals surface area contributed by atoms with E-state index < -0.39 is 11.9 Å². The van der Waals surface area contributed by atoms with Crippen LogP contribution in [-0.4, -0.2) is 34.9 Å². The number of hydrogen-bond acceptors (Lipinski definition) is 3. The van der Waals surface area contributed by atoms with Crippen LogP contribution in [0.5, 0.6) is 0 Å². The lowest BCUT2D eigenvalue weighted by Crippen LogP contribution is -2.54. The summed E-state index contributed by atoms with van der Waals surface area (Å²) in [7, 11) is 0. The van der Waals surface area contributed by atoms with Gasteiger partial charge in [-0.1, -0.05) is 20.8 Å². The molecule has 33 heavy (non-hydrogen) atoms. The molecule has 4 saturated carbocycles. The topological polar surface area (TPSA) is 83.8 Å². The van der Waals surface area contributed by atoms with Crippen molar-refractivity contribution in [3.63, 3.8) is 0 Å². The molecule has 0 unspecified atom stereocenters. The van der Waals surface area contributed by atoms with Crippen LogP contribution in [0.3, 0.4) is 0 Å². The molecule has 5 heteroatoms. The molecule has 5 nitrogen and oxygen atoms in total. The SMILES string of the molecule is C[C@H](CCC(=O)O)[C@H]1CC[C@H]2[C@@H]3CC[C@@H]4C[C@@H](OCCCC(=O)O)CC[C@]4(C)[C@H]3CC[C@]12C. The van der Waals surface area contributed by atoms with E-state index in [-0.39, 0.29) is 6.42 Å². The van der Waals surface area contributed by atoms with Gasteiger partial charge in [0, 0.05) is 19.4 Å². The van der Waals surface area contributed by atoms with Gasteiger partial charge in [-0.25, -0.2) is 0 Å². The summed E-state index contributed by atoms with van der Waals surface area (Å²) < 4.78 is 6.12. The number of carbonyl (C=O) groups is 2. The van der Waals surface area contributed by atoms with Crippen LogP contribution in [0.4, 0.5) is 0 Å². The summed E-state index contributed by atoms with van der Waals surface area (Å²) in [6.45, 7) is 8.02. The quantitative estimate of drug-likeness (QED) is 0.388. The summed E-state index contributed by atoms with van der Waals surface area (Å²) in [4.78, 5) is 21.9. The Hall–Kier alpha value is -1.10. The zero-order valence-corrected chi connectivity index (χ0v) is 21.1. The van der Waals surface area contributed by atoms with E-state index in [2.05, 4.69) is 20.8 Å². The third-order valence-corrected chi connectivity index (χ3v) is 11.1. The summed E-state index contributed by atoms with van der Waals surface area (Å²) in [5, 5.41) is 18.0. The summed E-state index contributed by atoms with van der Waals surface area (Å²) in [5.74, 6) is 3.03. The van der Waals surface area contributed by atoms with Gasteiger partial charge in [0.25, 0.3) is 0 Å². The third-order valence-electron chi connectivity index (χ3n) is 11.1. The molecule has 0 spiro atoms. The van der Waals surface area contributed by atoms with Crippen LogP contribution in [-0.2, 0) is 14.3 Å². The summed E-state index contributed by atoms with van der Waals surface area (Å²) in [6, 6.07) is 0. The highest BCUT2D eigenvalue weighted by atomic mass is 16.5. The Morgan fingerprint density at radius 1 is 0.909 bits per heavy atom. The van der Waals surface area contributed by atoms with Crippen LogP contribution < -0.4 is 0 Å². The molecule has 188 valence electrons. The predicted molar refractivity (Wildman–Crippen MR) is 128 cm³/mol. The van der Waals surface area contributed by atoms with Gasteiger partial charge in [0.1, 0.15) is 0 Å². The first-order valence-corrected chi connectivity index (χ1v) is 13.7. The second kappa shape index (κ2) is 9.87. The molecule has 2 N–H and O–H groups in total. The molecule has 0 aromatic rings. The van der Waals surface area contributed by atoms with Crippen molar-refractivity contribution in [1.82, 2.24) is 0 Å². The number of rotatable bonds is 9. The molecule has 4 fully saturated rings. The first-order chi connectivity index (χ1) is 15.6. The second-order valence-electron chi connectivity index (χ2n) is 12.6. The maximum Gasteiger partial charge on any atom is 0.303 e. The van der Waals surface area contributed by atoms with Crippen molar-refractivity contribution in [2.24, 2.45) is 46.3 Å². The van der Waals surface area contributed by atoms with E-state index in [0.717, 1.165) is 42.9 Å². The van der Waals surface area contributed by atoms with Crippen LogP contribution in [0, 0.1) is 46.3 Å². The van der Waals surface area contributed by atoms with E-state index in [1.54, 1.807) is 0 Å². The lowest BCUT2D eigenvalue weighted by molar-refractivity contribution is -0.141. The molecule has 4 aliphatic carbocycles. The minimum atomic E-state index is -0.733. The highest BCUT2D eigenvalue weighted by Crippen LogP contribution is 2.68. The van der Waals surface area contributed by atoms with Crippen molar-refractivity contribution in [3.8, 4) is 0 Å². The van der Waals surface area contributed by atoms with Crippen molar-refractivity contribution in [2.75, 3.05) is 6.61 Å². The molecule has 0 aromatic heterocycles. The van der Waals surface area contributed by atoms with Crippen LogP contribution >= 0.6 is 0 Å². The van der Waals surface area contributed by atoms with E-state index in [1.165, 1.54) is 44.9 Å². The zero-order chi connectivity index (χ0) is 23.8. The lowest BCUT2D eigenvalue weighted by atomic mass is 9.44. The first kappa shape index (κ1) is 25.0. The number of ether oxygens (including phenoxy) is 1. The molecule has 4 aliphatic rings. The molecule has 0 aromatic carbocycles. The average molecular weight is 463 g/mol. The smallest absolute Gasteiger partial charge is 0.303 e. The molecule has 9 atom stereocenters. The average Bonchev–Trinajstić information content (AvgIpc) is 3.12. The Morgan fingerprint density at radius 2 is 1.61 bits per heavy atom. The van der Waals surface area contributed by atoms with Crippen LogP contribution in [0.25, 0.3) is 0 Å². The van der Waals surface area contributed by atoms with Gasteiger partial charge in [-0.05, 0) is 117 Å².